The van der Waals surface area contributed by atoms with Crippen molar-refractivity contribution >= 4 is 16.9 Å². The van der Waals surface area contributed by atoms with E-state index in [9.17, 15) is 9.18 Å². The summed E-state index contributed by atoms with van der Waals surface area (Å²) in [7, 11) is 0. The van der Waals surface area contributed by atoms with Crippen LogP contribution in [0.5, 0.6) is 0 Å². The number of imidazole rings is 1. The number of benzene rings is 1. The van der Waals surface area contributed by atoms with Crippen molar-refractivity contribution in [3.8, 4) is 12.3 Å². The van der Waals surface area contributed by atoms with Crippen LogP contribution in [0.1, 0.15) is 31.5 Å². The molecule has 0 saturated heterocycles. The second-order valence-electron chi connectivity index (χ2n) is 5.48. The number of amides is 1. The van der Waals surface area contributed by atoms with Gasteiger partial charge in [0.2, 0.25) is 5.91 Å². The summed E-state index contributed by atoms with van der Waals surface area (Å²) >= 11 is 0. The molecule has 0 bridgehead atoms. The average Bonchev–Trinajstić information content (AvgIpc) is 3.19. The Hall–Kier alpha value is -2.75. The minimum Gasteiger partial charge on any atom is -0.349 e. The zero-order valence-corrected chi connectivity index (χ0v) is 12.5. The van der Waals surface area contributed by atoms with E-state index >= 15 is 0 Å². The van der Waals surface area contributed by atoms with Gasteiger partial charge in [0.05, 0.1) is 12.1 Å². The highest BCUT2D eigenvalue weighted by Crippen LogP contribution is 2.37. The molecule has 3 rings (SSSR count). The Bertz CT molecular complexity index is 798. The predicted molar refractivity (Wildman–Crippen MR) is 82.8 cm³/mol. The molecule has 1 aliphatic rings. The molecule has 2 N–H and O–H groups in total. The number of fused-ring (bicyclic) bond motifs is 1. The molecule has 2 heterocycles. The molecule has 1 aliphatic heterocycles. The second-order valence-corrected chi connectivity index (χ2v) is 5.48. The van der Waals surface area contributed by atoms with E-state index in [2.05, 4.69) is 31.4 Å². The fraction of sp³-hybridized carbons (Fsp3) is 0.375. The van der Waals surface area contributed by atoms with Crippen LogP contribution in [-0.4, -0.2) is 21.5 Å². The zero-order valence-electron chi connectivity index (χ0n) is 12.5. The van der Waals surface area contributed by atoms with Gasteiger partial charge in [0.25, 0.3) is 0 Å². The highest BCUT2D eigenvalue weighted by atomic mass is 19.1. The van der Waals surface area contributed by atoms with Crippen molar-refractivity contribution in [1.82, 2.24) is 15.3 Å². The summed E-state index contributed by atoms with van der Waals surface area (Å²) < 4.78 is 13.6. The van der Waals surface area contributed by atoms with E-state index in [-0.39, 0.29) is 23.8 Å². The highest BCUT2D eigenvalue weighted by Gasteiger charge is 2.39. The maximum Gasteiger partial charge on any atom is 0.220 e. The number of nitrogens with one attached hydrogen (secondary N) is 2. The maximum atomic E-state index is 13.6. The van der Waals surface area contributed by atoms with Crippen LogP contribution in [0, 0.1) is 18.2 Å². The van der Waals surface area contributed by atoms with Crippen LogP contribution in [0.15, 0.2) is 28.4 Å². The topological polar surface area (TPSA) is 82.5 Å². The number of H-pyrrole nitrogens is 1. The molecule has 0 aliphatic carbocycles. The second kappa shape index (κ2) is 6.16. The lowest BCUT2D eigenvalue weighted by Gasteiger charge is -2.08. The lowest BCUT2D eigenvalue weighted by Crippen LogP contribution is -2.25. The Morgan fingerprint density at radius 3 is 2.91 bits per heavy atom. The van der Waals surface area contributed by atoms with Gasteiger partial charge in [0.1, 0.15) is 11.3 Å². The summed E-state index contributed by atoms with van der Waals surface area (Å²) in [5, 5.41) is 10.7. The molecule has 0 radical (unpaired) electrons. The van der Waals surface area contributed by atoms with Crippen LogP contribution in [-0.2, 0) is 11.3 Å². The Kier molecular flexibility index (Phi) is 4.06. The Labute approximate surface area is 132 Å². The monoisotopic (exact) mass is 313 g/mol. The maximum absolute atomic E-state index is 13.6. The number of aromatic nitrogens is 2. The molecule has 0 saturated carbocycles. The van der Waals surface area contributed by atoms with Crippen molar-refractivity contribution < 1.29 is 9.18 Å². The van der Waals surface area contributed by atoms with Gasteiger partial charge in [-0.25, -0.2) is 9.37 Å². The quantitative estimate of drug-likeness (QED) is 0.770. The third kappa shape index (κ3) is 3.54. The number of aromatic amines is 1. The number of rotatable bonds is 7. The summed E-state index contributed by atoms with van der Waals surface area (Å²) in [6, 6.07) is 4.70. The van der Waals surface area contributed by atoms with Crippen LogP contribution < -0.4 is 5.32 Å². The SMILES string of the molecule is C#CCCC1(CCC(=O)NCc2nc3c(F)cccc3[nH]2)N=N1. The first-order valence-electron chi connectivity index (χ1n) is 7.39. The van der Waals surface area contributed by atoms with E-state index in [1.165, 1.54) is 6.07 Å². The standard InChI is InChI=1S/C16H16FN5O/c1-2-3-8-16(21-22-16)9-7-14(23)18-10-13-19-12-6-4-5-11(17)15(12)20-13/h1,4-6H,3,7-10H2,(H,18,23)(H,19,20). The van der Waals surface area contributed by atoms with Crippen LogP contribution in [0.2, 0.25) is 0 Å². The zero-order chi connectivity index (χ0) is 16.3. The first kappa shape index (κ1) is 15.2. The summed E-state index contributed by atoms with van der Waals surface area (Å²) in [4.78, 5) is 19.0. The van der Waals surface area contributed by atoms with E-state index in [1.807, 2.05) is 0 Å². The summed E-state index contributed by atoms with van der Waals surface area (Å²) in [6.07, 6.45) is 7.36. The normalized spacial score (nSPS) is 14.6. The molecular weight excluding hydrogens is 297 g/mol. The molecule has 23 heavy (non-hydrogen) atoms. The van der Waals surface area contributed by atoms with Gasteiger partial charge in [-0.2, -0.15) is 10.2 Å². The van der Waals surface area contributed by atoms with E-state index in [1.54, 1.807) is 12.1 Å². The number of carbonyl (C=O) groups is 1. The van der Waals surface area contributed by atoms with Crippen LogP contribution in [0.3, 0.4) is 0 Å². The number of para-hydroxylation sites is 1. The van der Waals surface area contributed by atoms with Crippen LogP contribution in [0.4, 0.5) is 4.39 Å². The van der Waals surface area contributed by atoms with Gasteiger partial charge in [0.15, 0.2) is 11.5 Å². The molecule has 0 atom stereocenters. The molecule has 6 nitrogen and oxygen atoms in total. The summed E-state index contributed by atoms with van der Waals surface area (Å²) in [5.74, 6) is 2.56. The molecule has 1 aromatic heterocycles. The van der Waals surface area contributed by atoms with Gasteiger partial charge >= 0.3 is 0 Å². The van der Waals surface area contributed by atoms with Crippen molar-refractivity contribution in [3.05, 3.63) is 29.8 Å². The van der Waals surface area contributed by atoms with Gasteiger partial charge in [-0.1, -0.05) is 6.07 Å². The minimum atomic E-state index is -0.452. The lowest BCUT2D eigenvalue weighted by molar-refractivity contribution is -0.121. The number of hydrogen-bond donors (Lipinski definition) is 2. The number of terminal acetylenes is 1. The first-order chi connectivity index (χ1) is 11.1. The van der Waals surface area contributed by atoms with Crippen molar-refractivity contribution in [2.75, 3.05) is 0 Å². The van der Waals surface area contributed by atoms with E-state index in [0.717, 1.165) is 0 Å². The highest BCUT2D eigenvalue weighted by molar-refractivity contribution is 5.77. The van der Waals surface area contributed by atoms with Gasteiger partial charge in [0, 0.05) is 25.7 Å². The summed E-state index contributed by atoms with van der Waals surface area (Å²) in [6.45, 7) is 0.221. The van der Waals surface area contributed by atoms with Gasteiger partial charge < -0.3 is 10.3 Å². The molecule has 1 amide bonds. The smallest absolute Gasteiger partial charge is 0.220 e. The van der Waals surface area contributed by atoms with E-state index in [0.29, 0.717) is 37.0 Å². The fourth-order valence-corrected chi connectivity index (χ4v) is 2.38. The van der Waals surface area contributed by atoms with Crippen molar-refractivity contribution in [2.24, 2.45) is 10.2 Å². The third-order valence-electron chi connectivity index (χ3n) is 3.77. The van der Waals surface area contributed by atoms with Gasteiger partial charge in [-0.15, -0.1) is 12.3 Å². The number of carbonyl (C=O) groups excluding carboxylic acids is 1. The molecular formula is C16H16FN5O. The molecule has 7 heteroatoms. The predicted octanol–water partition coefficient (Wildman–Crippen LogP) is 2.67. The lowest BCUT2D eigenvalue weighted by atomic mass is 10.0. The van der Waals surface area contributed by atoms with Crippen LogP contribution >= 0.6 is 0 Å². The molecule has 2 aromatic rings. The van der Waals surface area contributed by atoms with Crippen molar-refractivity contribution in [2.45, 2.75) is 37.9 Å². The first-order valence-corrected chi connectivity index (χ1v) is 7.39. The molecule has 0 spiro atoms. The molecule has 1 aromatic carbocycles. The Morgan fingerprint density at radius 2 is 2.22 bits per heavy atom. The molecule has 0 unspecified atom stereocenters. The molecule has 0 fully saturated rings. The van der Waals surface area contributed by atoms with Crippen molar-refractivity contribution in [3.63, 3.8) is 0 Å². The number of hydrogen-bond acceptors (Lipinski definition) is 4. The van der Waals surface area contributed by atoms with Gasteiger partial charge in [-0.3, -0.25) is 4.79 Å². The summed E-state index contributed by atoms with van der Waals surface area (Å²) in [5.41, 5.74) is 0.435. The largest absolute Gasteiger partial charge is 0.349 e. The Morgan fingerprint density at radius 1 is 1.39 bits per heavy atom. The minimum absolute atomic E-state index is 0.122. The van der Waals surface area contributed by atoms with E-state index in [4.69, 9.17) is 6.42 Å². The average molecular weight is 313 g/mol. The van der Waals surface area contributed by atoms with E-state index < -0.39 is 5.66 Å². The Balaban J connectivity index is 1.49. The molecule has 118 valence electrons. The third-order valence-corrected chi connectivity index (χ3v) is 3.77. The fourth-order valence-electron chi connectivity index (χ4n) is 2.38. The van der Waals surface area contributed by atoms with Crippen molar-refractivity contribution in [1.29, 1.82) is 0 Å². The van der Waals surface area contributed by atoms with Crippen LogP contribution in [0.25, 0.3) is 11.0 Å². The van der Waals surface area contributed by atoms with Gasteiger partial charge in [-0.05, 0) is 12.1 Å². The number of nitrogens with zero attached hydrogens (tertiary/aromatic N) is 3. The number of halogens is 1.